The zero-order valence-electron chi connectivity index (χ0n) is 49.3. The average molecular weight is 601 g/mol. The lowest BCUT2D eigenvalue weighted by molar-refractivity contribution is 1.15. The summed E-state index contributed by atoms with van der Waals surface area (Å²) in [6.45, 7) is 0. The van der Waals surface area contributed by atoms with E-state index in [-0.39, 0.29) is 0 Å². The van der Waals surface area contributed by atoms with Crippen molar-refractivity contribution < 1.29 is 37.0 Å². The van der Waals surface area contributed by atoms with E-state index in [9.17, 15) is 9.60 Å². The van der Waals surface area contributed by atoms with Crippen molar-refractivity contribution in [3.05, 3.63) is 163 Å². The van der Waals surface area contributed by atoms with Crippen LogP contribution in [0.5, 0.6) is 0 Å². The Kier molecular flexibility index (Phi) is 2.04. The van der Waals surface area contributed by atoms with Gasteiger partial charge in [-0.25, -0.2) is 0 Å². The van der Waals surface area contributed by atoms with Crippen LogP contribution in [0.25, 0.3) is 82.5 Å². The van der Waals surface area contributed by atoms with Crippen LogP contribution in [0.2, 0.25) is 0 Å². The van der Waals surface area contributed by atoms with Crippen LogP contribution in [0.15, 0.2) is 163 Å². The Balaban J connectivity index is 1.52. The van der Waals surface area contributed by atoms with Crippen molar-refractivity contribution in [1.82, 2.24) is 13.7 Å². The summed E-state index contributed by atoms with van der Waals surface area (Å²) in [6.07, 6.45) is 0. The zero-order chi connectivity index (χ0) is 53.0. The maximum Gasteiger partial charge on any atom is 0.0667 e. The molecule has 0 bridgehead atoms. The molecule has 7 aromatic carbocycles. The summed E-state index contributed by atoms with van der Waals surface area (Å²) >= 11 is 0. The van der Waals surface area contributed by atoms with Gasteiger partial charge >= 0.3 is 0 Å². The van der Waals surface area contributed by atoms with Crippen molar-refractivity contribution in [2.45, 2.75) is 0 Å². The molecule has 0 N–H and O–H groups in total. The number of aromatic nitrogens is 3. The third-order valence-electron chi connectivity index (χ3n) is 7.48. The van der Waals surface area contributed by atoms with Gasteiger partial charge in [-0.3, -0.25) is 0 Å². The molecule has 3 nitrogen and oxygen atoms in total. The molecule has 45 heavy (non-hydrogen) atoms. The molecule has 0 aliphatic rings. The minimum atomic E-state index is -1.05. The minimum Gasteiger partial charge on any atom is -0.309 e. The molecule has 0 atom stereocenters. The van der Waals surface area contributed by atoms with E-state index in [1.807, 2.05) is 0 Å². The fraction of sp³-hybridized carbons (Fsp3) is 0. The topological polar surface area (TPSA) is 14.8 Å². The lowest BCUT2D eigenvalue weighted by atomic mass is 10.1. The number of hydrogen-bond acceptors (Lipinski definition) is 0. The molecule has 0 aliphatic carbocycles. The molecular formula is C42H27N3. The Bertz CT molecular complexity index is 4190. The molecule has 0 amide bonds. The van der Waals surface area contributed by atoms with Crippen LogP contribution < -0.4 is 0 Å². The normalized spacial score (nSPS) is 20.4. The van der Waals surface area contributed by atoms with Crippen LogP contribution in [0.4, 0.5) is 0 Å². The fourth-order valence-corrected chi connectivity index (χ4v) is 5.68. The molecule has 3 heteroatoms. The third kappa shape index (κ3) is 3.41. The number of hydrogen-bond donors (Lipinski definition) is 0. The highest BCUT2D eigenvalue weighted by atomic mass is 15.0. The van der Waals surface area contributed by atoms with E-state index in [2.05, 4.69) is 0 Å². The minimum absolute atomic E-state index is 0.472. The van der Waals surface area contributed by atoms with Crippen LogP contribution in [0, 0.1) is 0 Å². The average Bonchev–Trinajstić information content (AvgIpc) is 4.01. The van der Waals surface area contributed by atoms with Crippen LogP contribution in [0.3, 0.4) is 0 Å². The summed E-state index contributed by atoms with van der Waals surface area (Å²) < 4.78 is 244. The van der Waals surface area contributed by atoms with Gasteiger partial charge in [-0.15, -0.1) is 0 Å². The lowest BCUT2D eigenvalue weighted by Crippen LogP contribution is -1.97. The second-order valence-corrected chi connectivity index (χ2v) is 9.77. The summed E-state index contributed by atoms with van der Waals surface area (Å²) in [5, 5.41) is -3.27. The van der Waals surface area contributed by atoms with Crippen LogP contribution >= 0.6 is 0 Å². The molecule has 0 saturated heterocycles. The van der Waals surface area contributed by atoms with Gasteiger partial charge in [0.05, 0.1) is 70.1 Å². The van der Waals surface area contributed by atoms with E-state index < -0.39 is 246 Å². The Labute approximate surface area is 297 Å². The van der Waals surface area contributed by atoms with Crippen LogP contribution in [-0.4, -0.2) is 13.7 Å². The molecule has 0 unspecified atom stereocenters. The molecule has 0 radical (unpaired) electrons. The summed E-state index contributed by atoms with van der Waals surface area (Å²) in [6, 6.07) is -24.0. The van der Waals surface area contributed by atoms with Crippen molar-refractivity contribution in [3.8, 4) is 17.1 Å². The Hall–Kier alpha value is -6.06. The number of benzene rings is 7. The Morgan fingerprint density at radius 2 is 0.644 bits per heavy atom. The quantitative estimate of drug-likeness (QED) is 0.192. The standard InChI is InChI=1S/C42H27N3/c1-2-12-28(13-3-1)43-40-21-11-7-17-34(40)36-26-29(23-25-41(36)43)45-39-20-10-6-16-33(39)35-24-22-30(27-42(35)45)44-37-18-8-4-14-31(37)32-15-5-9-19-38(32)44/h1-27H/i1D,2D,3D,4D,5D,6D,7D,8D,9D,10D,11D,12D,13D,14D,15D,16D,17D,18D,19D,20D,21D,22D,23D,24D,25D,26D,27D. The van der Waals surface area contributed by atoms with E-state index in [0.717, 1.165) is 13.7 Å². The highest BCUT2D eigenvalue weighted by molar-refractivity contribution is 6.13. The van der Waals surface area contributed by atoms with Crippen molar-refractivity contribution in [2.24, 2.45) is 0 Å². The number of fused-ring (bicyclic) bond motifs is 9. The highest BCUT2D eigenvalue weighted by Crippen LogP contribution is 2.39. The fourth-order valence-electron chi connectivity index (χ4n) is 5.68. The third-order valence-corrected chi connectivity index (χ3v) is 7.48. The van der Waals surface area contributed by atoms with E-state index in [4.69, 9.17) is 27.4 Å². The van der Waals surface area contributed by atoms with Gasteiger partial charge < -0.3 is 13.7 Å². The van der Waals surface area contributed by atoms with Gasteiger partial charge in [0.2, 0.25) is 0 Å². The van der Waals surface area contributed by atoms with Crippen molar-refractivity contribution in [2.75, 3.05) is 0 Å². The van der Waals surface area contributed by atoms with Gasteiger partial charge in [0.25, 0.3) is 0 Å². The molecule has 0 aliphatic heterocycles. The first-order valence-electron chi connectivity index (χ1n) is 26.8. The predicted molar refractivity (Wildman–Crippen MR) is 189 cm³/mol. The zero-order valence-corrected chi connectivity index (χ0v) is 22.3. The SMILES string of the molecule is [2H]c1c([2H])c([2H])c(-n2c3c([2H])c([2H])c([2H])c([2H])c3c3c([2H])c(-n4c5c([2H])c([2H])c([2H])c([2H])c5c5c([2H])c([2H])c(-n6c7c([2H])c([2H])c([2H])c([2H])c7c7c([2H])c([2H])c([2H])c([2H])c76)c([2H])c54)c([2H])c([2H])c32)c([2H])c1[2H]. The number of rotatable bonds is 3. The molecule has 0 saturated carbocycles. The molecular weight excluding hydrogens is 546 g/mol. The van der Waals surface area contributed by atoms with Crippen molar-refractivity contribution in [1.29, 1.82) is 0 Å². The van der Waals surface area contributed by atoms with Gasteiger partial charge in [0, 0.05) is 49.4 Å². The second-order valence-electron chi connectivity index (χ2n) is 9.77. The lowest BCUT2D eigenvalue weighted by Gasteiger charge is -2.12. The first kappa shape index (κ1) is 9.98. The Morgan fingerprint density at radius 1 is 0.267 bits per heavy atom. The molecule has 3 aromatic heterocycles. The van der Waals surface area contributed by atoms with Crippen LogP contribution in [0.1, 0.15) is 37.0 Å². The van der Waals surface area contributed by atoms with Crippen LogP contribution in [-0.2, 0) is 0 Å². The molecule has 210 valence electrons. The van der Waals surface area contributed by atoms with Gasteiger partial charge in [-0.05, 0) is 66.5 Å². The number of nitrogens with zero attached hydrogens (tertiary/aromatic N) is 3. The largest absolute Gasteiger partial charge is 0.309 e. The summed E-state index contributed by atoms with van der Waals surface area (Å²) in [5.74, 6) is 0. The molecule has 0 spiro atoms. The van der Waals surface area contributed by atoms with Gasteiger partial charge in [0.1, 0.15) is 0 Å². The van der Waals surface area contributed by atoms with E-state index in [1.54, 1.807) is 0 Å². The first-order valence-corrected chi connectivity index (χ1v) is 13.3. The maximum atomic E-state index is 10.0. The summed E-state index contributed by atoms with van der Waals surface area (Å²) in [7, 11) is 0. The van der Waals surface area contributed by atoms with Gasteiger partial charge in [-0.1, -0.05) is 96.7 Å². The van der Waals surface area contributed by atoms with E-state index in [1.165, 1.54) is 0 Å². The van der Waals surface area contributed by atoms with E-state index >= 15 is 0 Å². The highest BCUT2D eigenvalue weighted by Gasteiger charge is 2.18. The summed E-state index contributed by atoms with van der Waals surface area (Å²) in [5.41, 5.74) is -6.16. The van der Waals surface area contributed by atoms with Gasteiger partial charge in [0.15, 0.2) is 0 Å². The maximum absolute atomic E-state index is 10.0. The van der Waals surface area contributed by atoms with Gasteiger partial charge in [-0.2, -0.15) is 0 Å². The monoisotopic (exact) mass is 600 g/mol. The first-order chi connectivity index (χ1) is 33.6. The predicted octanol–water partition coefficient (Wildman–Crippen LogP) is 11.0. The van der Waals surface area contributed by atoms with E-state index in [0.29, 0.717) is 0 Å². The smallest absolute Gasteiger partial charge is 0.0667 e. The van der Waals surface area contributed by atoms with Crippen molar-refractivity contribution >= 4 is 65.4 Å². The molecule has 10 aromatic rings. The summed E-state index contributed by atoms with van der Waals surface area (Å²) in [4.78, 5) is 0. The second kappa shape index (κ2) is 9.22. The van der Waals surface area contributed by atoms with Crippen molar-refractivity contribution in [3.63, 3.8) is 0 Å². The molecule has 10 rings (SSSR count). The Morgan fingerprint density at radius 3 is 1.22 bits per heavy atom. The number of para-hydroxylation sites is 5. The molecule has 3 heterocycles. The molecule has 0 fully saturated rings.